The Hall–Kier alpha value is -0.206. The van der Waals surface area contributed by atoms with Gasteiger partial charge in [0.15, 0.2) is 0 Å². The first-order chi connectivity index (χ1) is 25.3. The molecule has 0 amide bonds. The average Bonchev–Trinajstić information content (AvgIpc) is 3.04. The minimum Gasteiger partial charge on any atom is -0.351 e. The van der Waals surface area contributed by atoms with Gasteiger partial charge in [-0.1, -0.05) is 0 Å². The summed E-state index contributed by atoms with van der Waals surface area (Å²) in [6.07, 6.45) is 3.69. The normalized spacial score (nSPS) is 12.9. The van der Waals surface area contributed by atoms with E-state index >= 15 is 0 Å². The van der Waals surface area contributed by atoms with Crippen LogP contribution in [0, 0.1) is 0 Å². The second kappa shape index (κ2) is 34.8. The molecule has 0 rings (SSSR count). The van der Waals surface area contributed by atoms with Crippen LogP contribution in [0.25, 0.3) is 0 Å². The molecule has 0 heterocycles. The molecule has 54 heavy (non-hydrogen) atoms. The summed E-state index contributed by atoms with van der Waals surface area (Å²) in [6, 6.07) is 0. The molecule has 16 nitrogen and oxygen atoms in total. The van der Waals surface area contributed by atoms with Crippen molar-refractivity contribution < 1.29 is 35.4 Å². The SMILES string of the molecule is CN(C)CCCO[Si](OCCCN(C)C)(OCCCN(C)C)OCCCN(C)C.CN(C)CCO[Si](OCCN(C)C)(OCCN(C)C)OCCN(C)C. The van der Waals surface area contributed by atoms with Crippen LogP contribution in [0.5, 0.6) is 0 Å². The van der Waals surface area contributed by atoms with Crippen molar-refractivity contribution in [2.24, 2.45) is 0 Å². The highest BCUT2D eigenvalue weighted by Gasteiger charge is 2.46. The third-order valence-electron chi connectivity index (χ3n) is 7.38. The first-order valence-electron chi connectivity index (χ1n) is 19.6. The summed E-state index contributed by atoms with van der Waals surface area (Å²) < 4.78 is 49.1. The summed E-state index contributed by atoms with van der Waals surface area (Å²) in [5, 5.41) is 0. The van der Waals surface area contributed by atoms with Crippen LogP contribution in [-0.2, 0) is 35.4 Å². The van der Waals surface area contributed by atoms with Gasteiger partial charge in [-0.05, 0) is 165 Å². The molecule has 0 aromatic heterocycles. The minimum absolute atomic E-state index is 0.519. The maximum atomic E-state index is 6.21. The van der Waals surface area contributed by atoms with Crippen molar-refractivity contribution >= 4 is 18.1 Å². The summed E-state index contributed by atoms with van der Waals surface area (Å²) in [4.78, 5) is 16.9. The van der Waals surface area contributed by atoms with Crippen molar-refractivity contribution in [1.29, 1.82) is 0 Å². The van der Waals surface area contributed by atoms with Crippen molar-refractivity contribution in [3.05, 3.63) is 0 Å². The van der Waals surface area contributed by atoms with E-state index in [1.165, 1.54) is 0 Å². The smallest absolute Gasteiger partial charge is 0.351 e. The van der Waals surface area contributed by atoms with Crippen LogP contribution in [0.3, 0.4) is 0 Å². The zero-order chi connectivity index (χ0) is 41.4. The highest BCUT2D eigenvalue weighted by atomic mass is 28.4. The molecule has 0 atom stereocenters. The first-order valence-corrected chi connectivity index (χ1v) is 22.9. The topological polar surface area (TPSA) is 99.8 Å². The quantitative estimate of drug-likeness (QED) is 0.0665. The molecule has 0 aromatic rings. The standard InChI is InChI=1S/C20H48N4O4Si.C16H40N4O4Si/c1-21(2)13-9-17-25-29(26-18-10-14-22(3)4,27-19-11-15-23(5)6)28-20-12-16-24(7)8;1-17(2)9-13-21-25(22-14-10-18(3)4,23-15-11-19(5)6)24-16-12-20(7)8/h9-20H2,1-8H3;9-16H2,1-8H3. The molecule has 0 radical (unpaired) electrons. The summed E-state index contributed by atoms with van der Waals surface area (Å²) >= 11 is 0. The maximum Gasteiger partial charge on any atom is 0.679 e. The highest BCUT2D eigenvalue weighted by Crippen LogP contribution is 2.16. The molecule has 0 bridgehead atoms. The monoisotopic (exact) mass is 817 g/mol. The molecular weight excluding hydrogens is 729 g/mol. The molecule has 0 spiro atoms. The summed E-state index contributed by atoms with van der Waals surface area (Å²) in [6.45, 7) is 11.4. The van der Waals surface area contributed by atoms with E-state index in [2.05, 4.69) is 95.6 Å². The Balaban J connectivity index is 0. The van der Waals surface area contributed by atoms with Gasteiger partial charge in [-0.3, -0.25) is 0 Å². The first kappa shape index (κ1) is 55.9. The van der Waals surface area contributed by atoms with Crippen molar-refractivity contribution in [3.63, 3.8) is 0 Å². The predicted molar refractivity (Wildman–Crippen MR) is 226 cm³/mol. The molecule has 0 aromatic carbocycles. The number of hydrogen-bond acceptors (Lipinski definition) is 16. The number of rotatable bonds is 36. The van der Waals surface area contributed by atoms with Crippen LogP contribution in [0.4, 0.5) is 0 Å². The van der Waals surface area contributed by atoms with Crippen molar-refractivity contribution in [3.8, 4) is 0 Å². The zero-order valence-corrected chi connectivity index (χ0v) is 40.0. The Morgan fingerprint density at radius 1 is 0.222 bits per heavy atom. The molecule has 0 fully saturated rings. The lowest BCUT2D eigenvalue weighted by Crippen LogP contribution is -2.52. The molecule has 0 unspecified atom stereocenters. The third-order valence-corrected chi connectivity index (χ3v) is 11.8. The van der Waals surface area contributed by atoms with Crippen LogP contribution < -0.4 is 0 Å². The van der Waals surface area contributed by atoms with Gasteiger partial charge in [-0.25, -0.2) is 0 Å². The Bertz CT molecular complexity index is 692. The van der Waals surface area contributed by atoms with Gasteiger partial charge in [0.25, 0.3) is 0 Å². The van der Waals surface area contributed by atoms with Gasteiger partial charge in [0.1, 0.15) is 0 Å². The Morgan fingerprint density at radius 2 is 0.370 bits per heavy atom. The third kappa shape index (κ3) is 37.4. The van der Waals surface area contributed by atoms with Gasteiger partial charge in [0.2, 0.25) is 0 Å². The molecule has 0 aliphatic heterocycles. The van der Waals surface area contributed by atoms with E-state index < -0.39 is 18.1 Å². The summed E-state index contributed by atoms with van der Waals surface area (Å²) in [5.41, 5.74) is 0. The van der Waals surface area contributed by atoms with Gasteiger partial charge in [0, 0.05) is 52.6 Å². The van der Waals surface area contributed by atoms with Gasteiger partial charge in [-0.2, -0.15) is 0 Å². The van der Waals surface area contributed by atoms with Crippen LogP contribution in [0.15, 0.2) is 0 Å². The van der Waals surface area contributed by atoms with Crippen LogP contribution >= 0.6 is 0 Å². The van der Waals surface area contributed by atoms with E-state index in [0.717, 1.165) is 78.0 Å². The largest absolute Gasteiger partial charge is 0.679 e. The second-order valence-electron chi connectivity index (χ2n) is 15.6. The van der Waals surface area contributed by atoms with Gasteiger partial charge in [0.05, 0.1) is 26.4 Å². The predicted octanol–water partition coefficient (Wildman–Crippen LogP) is 1.03. The number of likely N-dealkylation sites (N-methyl/N-ethyl adjacent to an activating group) is 4. The zero-order valence-electron chi connectivity index (χ0n) is 38.0. The fourth-order valence-corrected chi connectivity index (χ4v) is 8.17. The van der Waals surface area contributed by atoms with Crippen molar-refractivity contribution in [2.75, 3.05) is 218 Å². The Morgan fingerprint density at radius 3 is 0.519 bits per heavy atom. The Labute approximate surface area is 335 Å². The average molecular weight is 817 g/mol. The lowest BCUT2D eigenvalue weighted by Gasteiger charge is -2.30. The molecule has 0 saturated carbocycles. The molecular formula is C36H88N8O8Si2. The van der Waals surface area contributed by atoms with Crippen molar-refractivity contribution in [1.82, 2.24) is 39.2 Å². The van der Waals surface area contributed by atoms with E-state index in [4.69, 9.17) is 35.4 Å². The van der Waals surface area contributed by atoms with E-state index in [0.29, 0.717) is 52.9 Å². The maximum absolute atomic E-state index is 6.21. The van der Waals surface area contributed by atoms with E-state index in [1.807, 2.05) is 56.4 Å². The van der Waals surface area contributed by atoms with Crippen LogP contribution in [0.1, 0.15) is 25.7 Å². The fraction of sp³-hybridized carbons (Fsp3) is 1.00. The minimum atomic E-state index is -3.17. The summed E-state index contributed by atoms with van der Waals surface area (Å²) in [7, 11) is 26.3. The molecule has 18 heteroatoms. The van der Waals surface area contributed by atoms with Crippen LogP contribution in [0.2, 0.25) is 0 Å². The Kier molecular flexibility index (Phi) is 36.0. The molecule has 0 aliphatic rings. The van der Waals surface area contributed by atoms with E-state index in [9.17, 15) is 0 Å². The molecule has 328 valence electrons. The second-order valence-corrected chi connectivity index (χ2v) is 19.9. The molecule has 0 N–H and O–H groups in total. The number of nitrogens with zero attached hydrogens (tertiary/aromatic N) is 8. The lowest BCUT2D eigenvalue weighted by molar-refractivity contribution is -0.0419. The lowest BCUT2D eigenvalue weighted by atomic mass is 10.4. The van der Waals surface area contributed by atoms with Gasteiger partial charge >= 0.3 is 18.1 Å². The van der Waals surface area contributed by atoms with Gasteiger partial charge in [-0.15, -0.1) is 0 Å². The van der Waals surface area contributed by atoms with E-state index in [-0.39, 0.29) is 0 Å². The van der Waals surface area contributed by atoms with E-state index in [1.54, 1.807) is 0 Å². The fourth-order valence-electron chi connectivity index (χ4n) is 4.22. The molecule has 0 aliphatic carbocycles. The molecule has 0 saturated heterocycles. The van der Waals surface area contributed by atoms with Gasteiger partial charge < -0.3 is 74.6 Å². The van der Waals surface area contributed by atoms with Crippen LogP contribution in [-0.4, -0.2) is 275 Å². The summed E-state index contributed by atoms with van der Waals surface area (Å²) in [5.74, 6) is 0. The van der Waals surface area contributed by atoms with Crippen molar-refractivity contribution in [2.45, 2.75) is 25.7 Å². The highest BCUT2D eigenvalue weighted by molar-refractivity contribution is 6.53. The number of hydrogen-bond donors (Lipinski definition) is 0.